The molecule has 1 nitrogen and oxygen atoms in total. The maximum absolute atomic E-state index is 5.77. The molecule has 2 N–H and O–H groups in total. The van der Waals surface area contributed by atoms with Gasteiger partial charge in [-0.2, -0.15) is 0 Å². The Morgan fingerprint density at radius 3 is 1.72 bits per heavy atom. The van der Waals surface area contributed by atoms with E-state index >= 15 is 0 Å². The van der Waals surface area contributed by atoms with Gasteiger partial charge in [0.1, 0.15) is 0 Å². The van der Waals surface area contributed by atoms with Gasteiger partial charge in [-0.15, -0.1) is 0 Å². The van der Waals surface area contributed by atoms with Crippen molar-refractivity contribution in [2.45, 2.75) is 91.9 Å². The van der Waals surface area contributed by atoms with Crippen LogP contribution >= 0.6 is 0 Å². The second kappa shape index (κ2) is 10.8. The van der Waals surface area contributed by atoms with Crippen LogP contribution in [-0.4, -0.2) is 6.54 Å². The van der Waals surface area contributed by atoms with Crippen LogP contribution in [-0.2, 0) is 0 Å². The van der Waals surface area contributed by atoms with Gasteiger partial charge in [-0.05, 0) is 24.3 Å². The third-order valence-electron chi connectivity index (χ3n) is 4.61. The van der Waals surface area contributed by atoms with Gasteiger partial charge in [-0.3, -0.25) is 0 Å². The Bertz CT molecular complexity index is 174. The van der Waals surface area contributed by atoms with Gasteiger partial charge >= 0.3 is 0 Å². The normalized spacial score (nSPS) is 13.8. The van der Waals surface area contributed by atoms with E-state index in [1.165, 1.54) is 64.2 Å². The first kappa shape index (κ1) is 18.0. The number of unbranched alkanes of at least 4 members (excludes halogenated alkanes) is 8. The van der Waals surface area contributed by atoms with Crippen molar-refractivity contribution >= 4 is 0 Å². The van der Waals surface area contributed by atoms with Crippen molar-refractivity contribution in [2.75, 3.05) is 6.54 Å². The first-order valence-corrected chi connectivity index (χ1v) is 8.24. The van der Waals surface area contributed by atoms with Crippen molar-refractivity contribution in [3.63, 3.8) is 0 Å². The Kier molecular flexibility index (Phi) is 10.8. The molecule has 0 rings (SSSR count). The standard InChI is InChI=1S/C17H37N/c1-5-6-7-8-9-10-11-12-13-14-17(3,4)16(2)15-18/h16H,5-15,18H2,1-4H3. The number of rotatable bonds is 12. The van der Waals surface area contributed by atoms with E-state index in [0.29, 0.717) is 11.3 Å². The lowest BCUT2D eigenvalue weighted by Gasteiger charge is -2.31. The summed E-state index contributed by atoms with van der Waals surface area (Å²) < 4.78 is 0. The third-order valence-corrected chi connectivity index (χ3v) is 4.61. The van der Waals surface area contributed by atoms with Crippen LogP contribution in [0.1, 0.15) is 91.9 Å². The predicted molar refractivity (Wildman–Crippen MR) is 83.8 cm³/mol. The monoisotopic (exact) mass is 255 g/mol. The van der Waals surface area contributed by atoms with E-state index < -0.39 is 0 Å². The molecule has 0 saturated carbocycles. The van der Waals surface area contributed by atoms with Gasteiger partial charge in [0.15, 0.2) is 0 Å². The van der Waals surface area contributed by atoms with Crippen molar-refractivity contribution in [3.05, 3.63) is 0 Å². The summed E-state index contributed by atoms with van der Waals surface area (Å²) in [7, 11) is 0. The summed E-state index contributed by atoms with van der Waals surface area (Å²) in [6, 6.07) is 0. The molecule has 0 radical (unpaired) electrons. The zero-order valence-electron chi connectivity index (χ0n) is 13.4. The van der Waals surface area contributed by atoms with Gasteiger partial charge in [-0.1, -0.05) is 85.5 Å². The Labute approximate surface area is 116 Å². The molecule has 0 spiro atoms. The summed E-state index contributed by atoms with van der Waals surface area (Å²) in [6.45, 7) is 10.1. The predicted octanol–water partition coefficient (Wildman–Crippen LogP) is 5.53. The smallest absolute Gasteiger partial charge is 0.00464 e. The molecule has 0 fully saturated rings. The SMILES string of the molecule is CCCCCCCCCCCC(C)(C)C(C)CN. The van der Waals surface area contributed by atoms with Gasteiger partial charge in [0.05, 0.1) is 0 Å². The van der Waals surface area contributed by atoms with Crippen LogP contribution in [0.2, 0.25) is 0 Å². The maximum atomic E-state index is 5.77. The van der Waals surface area contributed by atoms with Crippen molar-refractivity contribution in [3.8, 4) is 0 Å². The molecule has 0 aromatic rings. The highest BCUT2D eigenvalue weighted by atomic mass is 14.6. The first-order valence-electron chi connectivity index (χ1n) is 8.24. The lowest BCUT2D eigenvalue weighted by Crippen LogP contribution is -2.28. The highest BCUT2D eigenvalue weighted by molar-refractivity contribution is 4.75. The number of nitrogens with two attached hydrogens (primary N) is 1. The molecule has 0 saturated heterocycles. The van der Waals surface area contributed by atoms with Crippen molar-refractivity contribution < 1.29 is 0 Å². The van der Waals surface area contributed by atoms with E-state index in [-0.39, 0.29) is 0 Å². The molecule has 0 aliphatic heterocycles. The van der Waals surface area contributed by atoms with E-state index in [9.17, 15) is 0 Å². The van der Waals surface area contributed by atoms with Crippen LogP contribution < -0.4 is 5.73 Å². The Morgan fingerprint density at radius 2 is 1.28 bits per heavy atom. The fraction of sp³-hybridized carbons (Fsp3) is 1.00. The molecule has 18 heavy (non-hydrogen) atoms. The summed E-state index contributed by atoms with van der Waals surface area (Å²) in [5.41, 5.74) is 6.19. The molecule has 0 heterocycles. The lowest BCUT2D eigenvalue weighted by atomic mass is 9.76. The lowest BCUT2D eigenvalue weighted by molar-refractivity contribution is 0.210. The minimum Gasteiger partial charge on any atom is -0.330 e. The first-order chi connectivity index (χ1) is 8.54. The molecule has 1 atom stereocenters. The molecular weight excluding hydrogens is 218 g/mol. The third kappa shape index (κ3) is 8.97. The zero-order valence-corrected chi connectivity index (χ0v) is 13.4. The van der Waals surface area contributed by atoms with E-state index in [2.05, 4.69) is 27.7 Å². The molecule has 0 aliphatic carbocycles. The van der Waals surface area contributed by atoms with Crippen LogP contribution in [0.25, 0.3) is 0 Å². The number of hydrogen-bond donors (Lipinski definition) is 1. The molecule has 0 aliphatic rings. The average Bonchev–Trinajstić information content (AvgIpc) is 2.35. The van der Waals surface area contributed by atoms with E-state index in [1.807, 2.05) is 0 Å². The Hall–Kier alpha value is -0.0400. The van der Waals surface area contributed by atoms with Crippen molar-refractivity contribution in [1.29, 1.82) is 0 Å². The highest BCUT2D eigenvalue weighted by Gasteiger charge is 2.23. The quantitative estimate of drug-likeness (QED) is 0.456. The van der Waals surface area contributed by atoms with Crippen LogP contribution in [0.3, 0.4) is 0 Å². The van der Waals surface area contributed by atoms with E-state index in [1.54, 1.807) is 0 Å². The largest absolute Gasteiger partial charge is 0.330 e. The summed E-state index contributed by atoms with van der Waals surface area (Å²) >= 11 is 0. The Morgan fingerprint density at radius 1 is 0.833 bits per heavy atom. The van der Waals surface area contributed by atoms with Crippen LogP contribution in [0.4, 0.5) is 0 Å². The average molecular weight is 255 g/mol. The molecule has 0 aromatic carbocycles. The van der Waals surface area contributed by atoms with Gasteiger partial charge in [0.2, 0.25) is 0 Å². The second-order valence-electron chi connectivity index (χ2n) is 6.70. The molecule has 110 valence electrons. The van der Waals surface area contributed by atoms with E-state index in [0.717, 1.165) is 6.54 Å². The highest BCUT2D eigenvalue weighted by Crippen LogP contribution is 2.32. The Balaban J connectivity index is 3.34. The van der Waals surface area contributed by atoms with Crippen LogP contribution in [0, 0.1) is 11.3 Å². The molecule has 0 amide bonds. The van der Waals surface area contributed by atoms with Gasteiger partial charge in [-0.25, -0.2) is 0 Å². The van der Waals surface area contributed by atoms with Crippen LogP contribution in [0.5, 0.6) is 0 Å². The van der Waals surface area contributed by atoms with Crippen LogP contribution in [0.15, 0.2) is 0 Å². The summed E-state index contributed by atoms with van der Waals surface area (Å²) in [5, 5.41) is 0. The minimum atomic E-state index is 0.426. The molecule has 0 aromatic heterocycles. The molecular formula is C17H37N. The van der Waals surface area contributed by atoms with Crippen molar-refractivity contribution in [2.24, 2.45) is 17.1 Å². The molecule has 1 unspecified atom stereocenters. The van der Waals surface area contributed by atoms with Crippen molar-refractivity contribution in [1.82, 2.24) is 0 Å². The van der Waals surface area contributed by atoms with Gasteiger partial charge in [0.25, 0.3) is 0 Å². The summed E-state index contributed by atoms with van der Waals surface area (Å²) in [6.07, 6.45) is 14.1. The fourth-order valence-electron chi connectivity index (χ4n) is 2.46. The summed E-state index contributed by atoms with van der Waals surface area (Å²) in [4.78, 5) is 0. The molecule has 0 bridgehead atoms. The second-order valence-corrected chi connectivity index (χ2v) is 6.70. The topological polar surface area (TPSA) is 26.0 Å². The fourth-order valence-corrected chi connectivity index (χ4v) is 2.46. The summed E-state index contributed by atoms with van der Waals surface area (Å²) in [5.74, 6) is 0.645. The minimum absolute atomic E-state index is 0.426. The maximum Gasteiger partial charge on any atom is -0.00464 e. The van der Waals surface area contributed by atoms with Gasteiger partial charge in [0, 0.05) is 0 Å². The zero-order chi connectivity index (χ0) is 13.9. The van der Waals surface area contributed by atoms with E-state index in [4.69, 9.17) is 5.73 Å². The number of hydrogen-bond acceptors (Lipinski definition) is 1. The van der Waals surface area contributed by atoms with Gasteiger partial charge < -0.3 is 5.73 Å². The molecule has 1 heteroatoms.